The summed E-state index contributed by atoms with van der Waals surface area (Å²) in [5, 5.41) is 22.0. The minimum Gasteiger partial charge on any atom is -0.369 e. The van der Waals surface area contributed by atoms with Gasteiger partial charge in [0.2, 0.25) is 23.5 Å². The molecule has 0 aliphatic rings. The van der Waals surface area contributed by atoms with Gasteiger partial charge in [-0.3, -0.25) is 20.4 Å². The Morgan fingerprint density at radius 2 is 1.00 bits per heavy atom. The number of hydrogen-bond acceptors (Lipinski definition) is 21. The molecule has 243 valence electrons. The summed E-state index contributed by atoms with van der Waals surface area (Å²) >= 11 is 0. The van der Waals surface area contributed by atoms with Crippen LogP contribution in [0.25, 0.3) is 23.0 Å². The van der Waals surface area contributed by atoms with Crippen molar-refractivity contribution in [2.45, 2.75) is 13.8 Å². The first-order valence-corrected chi connectivity index (χ1v) is 13.0. The molecule has 0 aliphatic heterocycles. The summed E-state index contributed by atoms with van der Waals surface area (Å²) < 4.78 is 67.9. The predicted molar refractivity (Wildman–Crippen MR) is 124 cm³/mol. The first-order valence-electron chi connectivity index (χ1n) is 10.6. The molecule has 22 nitrogen and oxygen atoms in total. The van der Waals surface area contributed by atoms with E-state index in [0.717, 1.165) is 0 Å². The Balaban J connectivity index is -0.000000530. The van der Waals surface area contributed by atoms with E-state index in [-0.39, 0.29) is 40.2 Å². The van der Waals surface area contributed by atoms with E-state index < -0.39 is 20.5 Å². The standard InChI is InChI=1S/2C8H8N6.2C2H3N.2ClHO4.Co/c2*9-7-12-6(13-8(10)14-7)5-3-1-2-4-11-5;2*1-2-3;2*2-1(3,4)5;/h2*1-4H,(H4,9,10,12,13,14);2*1H3;2*(H,2,3,4,5);/q;;;;;;+2/p-2. The number of nitriles is 2. The number of anilines is 3. The van der Waals surface area contributed by atoms with Gasteiger partial charge in [0, 0.05) is 26.2 Å². The Morgan fingerprint density at radius 1 is 0.667 bits per heavy atom. The molecule has 4 heterocycles. The second-order valence-electron chi connectivity index (χ2n) is 6.41. The fraction of sp³-hybridized carbons (Fsp3) is 0.100. The monoisotopic (exact) mass is 715 g/mol. The van der Waals surface area contributed by atoms with Crippen LogP contribution in [0.1, 0.15) is 13.8 Å². The van der Waals surface area contributed by atoms with Crippen molar-refractivity contribution in [3.63, 3.8) is 0 Å². The molecule has 8 N–H and O–H groups in total. The number of H-pyrrole nitrogens is 1. The van der Waals surface area contributed by atoms with Crippen molar-refractivity contribution in [2.75, 3.05) is 17.2 Å². The molecule has 0 aromatic carbocycles. The van der Waals surface area contributed by atoms with Crippen molar-refractivity contribution in [3.05, 3.63) is 54.4 Å². The van der Waals surface area contributed by atoms with Gasteiger partial charge >= 0.3 is 16.8 Å². The Kier molecular flexibility index (Phi) is 23.5. The number of nitrogens with two attached hydrogens (primary N) is 3. The Morgan fingerprint density at radius 3 is 1.29 bits per heavy atom. The molecule has 0 spiro atoms. The molecule has 0 saturated heterocycles. The van der Waals surface area contributed by atoms with Gasteiger partial charge in [0.15, 0.2) is 11.6 Å². The summed E-state index contributed by atoms with van der Waals surface area (Å²) in [5.74, 6) is 1.09. The van der Waals surface area contributed by atoms with Crippen LogP contribution in [-0.4, -0.2) is 39.9 Å². The first kappa shape index (κ1) is 44.7. The van der Waals surface area contributed by atoms with E-state index in [2.05, 4.69) is 39.9 Å². The van der Waals surface area contributed by atoms with Gasteiger partial charge in [-0.2, -0.15) is 35.4 Å². The number of nitrogens with one attached hydrogen (secondary N) is 2. The summed E-state index contributed by atoms with van der Waals surface area (Å²) in [7, 11) is -9.89. The van der Waals surface area contributed by atoms with E-state index in [9.17, 15) is 0 Å². The van der Waals surface area contributed by atoms with Gasteiger partial charge in [0.05, 0.1) is 12.1 Å². The predicted octanol–water partition coefficient (Wildman–Crippen LogP) is -8.43. The summed E-state index contributed by atoms with van der Waals surface area (Å²) in [6.45, 7) is 2.86. The molecule has 0 aliphatic carbocycles. The van der Waals surface area contributed by atoms with Gasteiger partial charge in [0.25, 0.3) is 0 Å². The van der Waals surface area contributed by atoms with Crippen LogP contribution in [0.3, 0.4) is 0 Å². The average molecular weight is 716 g/mol. The largest absolute Gasteiger partial charge is 2.00 e. The van der Waals surface area contributed by atoms with E-state index in [1.54, 1.807) is 48.8 Å². The number of halogens is 2. The fourth-order valence-electron chi connectivity index (χ4n) is 2.05. The van der Waals surface area contributed by atoms with Gasteiger partial charge < -0.3 is 17.2 Å². The van der Waals surface area contributed by atoms with Gasteiger partial charge in [-0.15, -0.1) is 20.5 Å². The number of hydrogen-bond donors (Lipinski definition) is 5. The smallest absolute Gasteiger partial charge is 0.369 e. The second-order valence-corrected chi connectivity index (χ2v) is 7.93. The molecule has 0 unspecified atom stereocenters. The van der Waals surface area contributed by atoms with E-state index in [1.807, 2.05) is 12.1 Å². The molecule has 4 aromatic heterocycles. The maximum Gasteiger partial charge on any atom is 2.00 e. The van der Waals surface area contributed by atoms with Crippen LogP contribution in [0.2, 0.25) is 0 Å². The topological polar surface area (TPSA) is 440 Å². The van der Waals surface area contributed by atoms with E-state index >= 15 is 0 Å². The molecule has 45 heavy (non-hydrogen) atoms. The van der Waals surface area contributed by atoms with E-state index in [4.69, 9.17) is 70.4 Å². The number of aromatic nitrogens is 8. The molecule has 0 saturated carbocycles. The second kappa shape index (κ2) is 23.7. The van der Waals surface area contributed by atoms with Crippen molar-refractivity contribution in [1.82, 2.24) is 39.9 Å². The molecule has 0 bridgehead atoms. The van der Waals surface area contributed by atoms with Crippen molar-refractivity contribution < 1.29 is 74.5 Å². The van der Waals surface area contributed by atoms with Crippen LogP contribution < -0.4 is 60.1 Å². The quantitative estimate of drug-likeness (QED) is 0.128. The van der Waals surface area contributed by atoms with Gasteiger partial charge in [-0.1, -0.05) is 12.1 Å². The molecular weight excluding hydrogens is 694 g/mol. The summed E-state index contributed by atoms with van der Waals surface area (Å²) in [6, 6.07) is 14.3. The van der Waals surface area contributed by atoms with Crippen LogP contribution in [0.5, 0.6) is 0 Å². The minimum absolute atomic E-state index is 0. The summed E-state index contributed by atoms with van der Waals surface area (Å²) in [4.78, 5) is 29.9. The van der Waals surface area contributed by atoms with Gasteiger partial charge in [0.1, 0.15) is 11.4 Å². The van der Waals surface area contributed by atoms with Crippen LogP contribution in [0.15, 0.2) is 48.8 Å². The molecule has 0 amide bonds. The number of aromatic amines is 1. The van der Waals surface area contributed by atoms with Crippen molar-refractivity contribution in [2.24, 2.45) is 0 Å². The third-order valence-electron chi connectivity index (χ3n) is 3.15. The zero-order valence-electron chi connectivity index (χ0n) is 22.7. The van der Waals surface area contributed by atoms with E-state index in [1.165, 1.54) is 13.8 Å². The van der Waals surface area contributed by atoms with Crippen molar-refractivity contribution in [1.29, 1.82) is 15.9 Å². The van der Waals surface area contributed by atoms with Crippen LogP contribution in [0, 0.1) is 48.6 Å². The Labute approximate surface area is 268 Å². The summed E-state index contributed by atoms with van der Waals surface area (Å²) in [6.07, 6.45) is 3.28. The third-order valence-corrected chi connectivity index (χ3v) is 3.15. The molecule has 25 heteroatoms. The van der Waals surface area contributed by atoms with Gasteiger partial charge in [-0.05, 0) is 24.3 Å². The fourth-order valence-corrected chi connectivity index (χ4v) is 2.05. The SMILES string of the molecule is CC#N.CC#N.N=c1nc(-c2ccccn2)nc(N)[nH]1.Nc1nc(N)nc(-c2ccccn2)n1.[Co+2].[O-][Cl+3]([O-])([O-])[O-].[O-][Cl+3]([O-])([O-])[O-]. The van der Waals surface area contributed by atoms with Gasteiger partial charge in [-0.25, -0.2) is 37.3 Å². The van der Waals surface area contributed by atoms with Crippen LogP contribution >= 0.6 is 0 Å². The van der Waals surface area contributed by atoms with Crippen molar-refractivity contribution in [3.8, 4) is 35.2 Å². The molecule has 0 fully saturated rings. The molecule has 4 aromatic rings. The van der Waals surface area contributed by atoms with E-state index in [0.29, 0.717) is 23.0 Å². The molecule has 0 atom stereocenters. The minimum atomic E-state index is -4.94. The Bertz CT molecular complexity index is 1460. The van der Waals surface area contributed by atoms with Crippen LogP contribution in [0.4, 0.5) is 17.8 Å². The first-order chi connectivity index (χ1) is 20.3. The zero-order chi connectivity index (χ0) is 34.3. The maximum absolute atomic E-state index is 8.49. The average Bonchev–Trinajstić information content (AvgIpc) is 2.88. The summed E-state index contributed by atoms with van der Waals surface area (Å²) in [5.41, 5.74) is 17.5. The molecular formula is C20H22Cl2CoN14O8. The van der Waals surface area contributed by atoms with Crippen LogP contribution in [-0.2, 0) is 16.8 Å². The number of pyridine rings is 2. The Hall–Kier alpha value is -4.73. The maximum atomic E-state index is 8.49. The molecule has 4 rings (SSSR count). The number of nitrogens with zero attached hydrogens (tertiary/aromatic N) is 9. The normalized spacial score (nSPS) is 9.24. The molecule has 1 radical (unpaired) electrons. The number of rotatable bonds is 2. The zero-order valence-corrected chi connectivity index (χ0v) is 25.3. The third kappa shape index (κ3) is 29.1. The number of nitrogen functional groups attached to an aromatic ring is 3. The van der Waals surface area contributed by atoms with Crippen molar-refractivity contribution >= 4 is 17.8 Å².